The molecule has 1 aliphatic heterocycles. The van der Waals surface area contributed by atoms with Gasteiger partial charge in [0.05, 0.1) is 0 Å². The minimum atomic E-state index is 0.497. The van der Waals surface area contributed by atoms with Gasteiger partial charge in [-0.15, -0.1) is 11.3 Å². The van der Waals surface area contributed by atoms with Crippen molar-refractivity contribution in [1.82, 2.24) is 10.2 Å². The van der Waals surface area contributed by atoms with Gasteiger partial charge in [-0.3, -0.25) is 0 Å². The smallest absolute Gasteiger partial charge is 0.0391 e. The van der Waals surface area contributed by atoms with E-state index in [2.05, 4.69) is 42.6 Å². The van der Waals surface area contributed by atoms with Crippen LogP contribution in [0.5, 0.6) is 0 Å². The third kappa shape index (κ3) is 2.84. The minimum absolute atomic E-state index is 0.497. The average Bonchev–Trinajstić information content (AvgIpc) is 2.64. The fourth-order valence-corrected chi connectivity index (χ4v) is 3.50. The Hall–Kier alpha value is -0.380. The minimum Gasteiger partial charge on any atom is -0.305 e. The van der Waals surface area contributed by atoms with Gasteiger partial charge in [0.15, 0.2) is 0 Å². The van der Waals surface area contributed by atoms with E-state index >= 15 is 0 Å². The van der Waals surface area contributed by atoms with Crippen molar-refractivity contribution in [2.24, 2.45) is 0 Å². The summed E-state index contributed by atoms with van der Waals surface area (Å²) in [4.78, 5) is 3.92. The lowest BCUT2D eigenvalue weighted by Gasteiger charge is -2.32. The summed E-state index contributed by atoms with van der Waals surface area (Å²) < 4.78 is 0. The molecular weight excluding hydrogens is 216 g/mol. The van der Waals surface area contributed by atoms with Crippen LogP contribution in [0, 0.1) is 6.92 Å². The number of hydrogen-bond donors (Lipinski definition) is 1. The van der Waals surface area contributed by atoms with Gasteiger partial charge in [0, 0.05) is 23.5 Å². The lowest BCUT2D eigenvalue weighted by molar-refractivity contribution is 0.219. The summed E-state index contributed by atoms with van der Waals surface area (Å²) >= 11 is 1.87. The Morgan fingerprint density at radius 2 is 2.38 bits per heavy atom. The van der Waals surface area contributed by atoms with Gasteiger partial charge >= 0.3 is 0 Å². The molecule has 0 radical (unpaired) electrons. The van der Waals surface area contributed by atoms with Gasteiger partial charge in [0.25, 0.3) is 0 Å². The van der Waals surface area contributed by atoms with Crippen molar-refractivity contribution in [3.05, 3.63) is 21.9 Å². The van der Waals surface area contributed by atoms with Gasteiger partial charge in [-0.25, -0.2) is 0 Å². The van der Waals surface area contributed by atoms with Crippen molar-refractivity contribution in [1.29, 1.82) is 0 Å². The van der Waals surface area contributed by atoms with Crippen LogP contribution in [0.15, 0.2) is 11.4 Å². The van der Waals surface area contributed by atoms with Gasteiger partial charge in [0.1, 0.15) is 0 Å². The molecule has 1 fully saturated rings. The van der Waals surface area contributed by atoms with Crippen LogP contribution >= 0.6 is 11.3 Å². The number of hydrogen-bond acceptors (Lipinski definition) is 3. The first-order valence-electron chi connectivity index (χ1n) is 6.15. The number of rotatable bonds is 3. The highest BCUT2D eigenvalue weighted by atomic mass is 32.1. The van der Waals surface area contributed by atoms with Crippen molar-refractivity contribution in [3.8, 4) is 0 Å². The first kappa shape index (κ1) is 12.1. The topological polar surface area (TPSA) is 15.3 Å². The molecule has 2 rings (SSSR count). The number of nitrogens with one attached hydrogen (secondary N) is 1. The maximum Gasteiger partial charge on any atom is 0.0391 e. The molecule has 2 heterocycles. The van der Waals surface area contributed by atoms with E-state index in [0.717, 1.165) is 0 Å². The summed E-state index contributed by atoms with van der Waals surface area (Å²) in [5.74, 6) is 0. The monoisotopic (exact) mass is 238 g/mol. The zero-order valence-corrected chi connectivity index (χ0v) is 11.3. The molecule has 2 nitrogen and oxygen atoms in total. The van der Waals surface area contributed by atoms with Crippen LogP contribution in [0.3, 0.4) is 0 Å². The van der Waals surface area contributed by atoms with Crippen molar-refractivity contribution in [2.75, 3.05) is 20.1 Å². The van der Waals surface area contributed by atoms with E-state index in [-0.39, 0.29) is 0 Å². The maximum absolute atomic E-state index is 3.76. The molecule has 1 aromatic heterocycles. The third-order valence-electron chi connectivity index (χ3n) is 3.41. The van der Waals surface area contributed by atoms with Gasteiger partial charge in [-0.2, -0.15) is 0 Å². The Morgan fingerprint density at radius 3 is 3.00 bits per heavy atom. The number of likely N-dealkylation sites (tertiary alicyclic amines) is 1. The molecule has 0 amide bonds. The van der Waals surface area contributed by atoms with E-state index in [4.69, 9.17) is 0 Å². The molecule has 1 aliphatic rings. The largest absolute Gasteiger partial charge is 0.305 e. The van der Waals surface area contributed by atoms with Crippen LogP contribution in [0.25, 0.3) is 0 Å². The second-order valence-electron chi connectivity index (χ2n) is 4.96. The third-order valence-corrected chi connectivity index (χ3v) is 4.61. The second kappa shape index (κ2) is 5.30. The fourth-order valence-electron chi connectivity index (χ4n) is 2.56. The first-order chi connectivity index (χ1) is 7.66. The highest BCUT2D eigenvalue weighted by Crippen LogP contribution is 2.24. The number of likely N-dealkylation sites (N-methyl/N-ethyl adjacent to an activating group) is 1. The highest BCUT2D eigenvalue weighted by Gasteiger charge is 2.20. The molecule has 90 valence electrons. The molecule has 0 saturated carbocycles. The standard InChI is InChI=1S/C13H22N2S/c1-10-6-8-16-13(10)11(2)14-12-5-4-7-15(3)9-12/h6,8,11-12,14H,4-5,7,9H2,1-3H3. The molecule has 2 unspecified atom stereocenters. The number of piperidine rings is 1. The predicted molar refractivity (Wildman–Crippen MR) is 71.1 cm³/mol. The summed E-state index contributed by atoms with van der Waals surface area (Å²) in [5.41, 5.74) is 1.43. The van der Waals surface area contributed by atoms with Crippen molar-refractivity contribution >= 4 is 11.3 Å². The van der Waals surface area contributed by atoms with E-state index < -0.39 is 0 Å². The van der Waals surface area contributed by atoms with Crippen LogP contribution in [-0.2, 0) is 0 Å². The van der Waals surface area contributed by atoms with E-state index in [0.29, 0.717) is 12.1 Å². The molecule has 0 spiro atoms. The second-order valence-corrected chi connectivity index (χ2v) is 5.91. The number of nitrogens with zero attached hydrogens (tertiary/aromatic N) is 1. The molecule has 1 N–H and O–H groups in total. The van der Waals surface area contributed by atoms with Gasteiger partial charge in [-0.1, -0.05) is 0 Å². The predicted octanol–water partition coefficient (Wildman–Crippen LogP) is 2.80. The first-order valence-corrected chi connectivity index (χ1v) is 7.03. The van der Waals surface area contributed by atoms with Crippen LogP contribution in [0.2, 0.25) is 0 Å². The Balaban J connectivity index is 1.92. The SMILES string of the molecule is Cc1ccsc1C(C)NC1CCCN(C)C1. The normalized spacial score (nSPS) is 24.6. The lowest BCUT2D eigenvalue weighted by atomic mass is 10.0. The molecule has 16 heavy (non-hydrogen) atoms. The van der Waals surface area contributed by atoms with E-state index in [1.54, 1.807) is 0 Å². The Labute approximate surface area is 103 Å². The number of thiophene rings is 1. The number of aryl methyl sites for hydroxylation is 1. The Kier molecular flexibility index (Phi) is 4.00. The van der Waals surface area contributed by atoms with Crippen molar-refractivity contribution in [2.45, 2.75) is 38.8 Å². The molecular formula is C13H22N2S. The van der Waals surface area contributed by atoms with Crippen LogP contribution in [0.1, 0.15) is 36.2 Å². The lowest BCUT2D eigenvalue weighted by Crippen LogP contribution is -2.44. The summed E-state index contributed by atoms with van der Waals surface area (Å²) in [5, 5.41) is 5.95. The quantitative estimate of drug-likeness (QED) is 0.871. The van der Waals surface area contributed by atoms with E-state index in [1.165, 1.54) is 36.4 Å². The van der Waals surface area contributed by atoms with Crippen molar-refractivity contribution in [3.63, 3.8) is 0 Å². The summed E-state index contributed by atoms with van der Waals surface area (Å²) in [6.07, 6.45) is 2.64. The Bertz CT molecular complexity index is 334. The zero-order chi connectivity index (χ0) is 11.5. The van der Waals surface area contributed by atoms with Gasteiger partial charge in [0.2, 0.25) is 0 Å². The van der Waals surface area contributed by atoms with Gasteiger partial charge in [-0.05, 0) is 57.3 Å². The zero-order valence-electron chi connectivity index (χ0n) is 10.5. The maximum atomic E-state index is 3.76. The molecule has 1 aromatic rings. The highest BCUT2D eigenvalue weighted by molar-refractivity contribution is 7.10. The van der Waals surface area contributed by atoms with Crippen LogP contribution in [-0.4, -0.2) is 31.1 Å². The summed E-state index contributed by atoms with van der Waals surface area (Å²) in [6.45, 7) is 6.93. The van der Waals surface area contributed by atoms with E-state index in [9.17, 15) is 0 Å². The molecule has 0 bridgehead atoms. The summed E-state index contributed by atoms with van der Waals surface area (Å²) in [6, 6.07) is 3.37. The molecule has 0 aromatic carbocycles. The molecule has 0 aliphatic carbocycles. The molecule has 2 atom stereocenters. The average molecular weight is 238 g/mol. The van der Waals surface area contributed by atoms with Gasteiger partial charge < -0.3 is 10.2 Å². The Morgan fingerprint density at radius 1 is 1.56 bits per heavy atom. The van der Waals surface area contributed by atoms with Crippen LogP contribution in [0.4, 0.5) is 0 Å². The molecule has 1 saturated heterocycles. The fraction of sp³-hybridized carbons (Fsp3) is 0.692. The summed E-state index contributed by atoms with van der Waals surface area (Å²) in [7, 11) is 2.22. The van der Waals surface area contributed by atoms with Crippen molar-refractivity contribution < 1.29 is 0 Å². The molecule has 3 heteroatoms. The van der Waals surface area contributed by atoms with Crippen LogP contribution < -0.4 is 5.32 Å². The van der Waals surface area contributed by atoms with E-state index in [1.807, 2.05) is 11.3 Å².